The number of carbonyl (C=O) groups excluding carboxylic acids is 1. The van der Waals surface area contributed by atoms with Gasteiger partial charge in [-0.25, -0.2) is 0 Å². The third-order valence-corrected chi connectivity index (χ3v) is 7.36. The molecule has 42 heavy (non-hydrogen) atoms. The second kappa shape index (κ2) is 12.8. The monoisotopic (exact) mass is 587 g/mol. The number of aromatic nitrogens is 1. The molecule has 5 rings (SSSR count). The molecule has 1 aromatic heterocycles. The van der Waals surface area contributed by atoms with Gasteiger partial charge in [-0.1, -0.05) is 35.9 Å². The van der Waals surface area contributed by atoms with Crippen LogP contribution in [0.15, 0.2) is 78.9 Å². The molecule has 216 valence electrons. The van der Waals surface area contributed by atoms with E-state index in [0.717, 1.165) is 22.1 Å². The normalized spacial score (nSPS) is 11.5. The molecule has 0 aliphatic rings. The summed E-state index contributed by atoms with van der Waals surface area (Å²) in [6.07, 6.45) is -0.170. The van der Waals surface area contributed by atoms with Gasteiger partial charge in [0.2, 0.25) is 0 Å². The van der Waals surface area contributed by atoms with Gasteiger partial charge in [-0.05, 0) is 90.3 Å². The summed E-state index contributed by atoms with van der Waals surface area (Å²) >= 11 is 5.89. The van der Waals surface area contributed by atoms with E-state index in [1.54, 1.807) is 70.5 Å². The Morgan fingerprint density at radius 1 is 0.833 bits per heavy atom. The molecule has 9 heteroatoms. The van der Waals surface area contributed by atoms with Gasteiger partial charge in [-0.3, -0.25) is 19.0 Å². The van der Waals surface area contributed by atoms with E-state index in [-0.39, 0.29) is 12.3 Å². The molecule has 0 spiro atoms. The zero-order chi connectivity index (χ0) is 30.6. The van der Waals surface area contributed by atoms with Crippen LogP contribution in [0.5, 0.6) is 11.5 Å². The second-order valence-electron chi connectivity index (χ2n) is 9.70. The lowest BCUT2D eigenvalue weighted by Gasteiger charge is -2.08. The maximum absolute atomic E-state index is 13.0. The summed E-state index contributed by atoms with van der Waals surface area (Å²) in [5, 5.41) is 21.5. The van der Waals surface area contributed by atoms with Gasteiger partial charge in [-0.2, -0.15) is 0 Å². The van der Waals surface area contributed by atoms with Gasteiger partial charge in [0, 0.05) is 21.7 Å². The molecule has 5 aromatic rings. The van der Waals surface area contributed by atoms with Gasteiger partial charge in [0.15, 0.2) is 0 Å². The van der Waals surface area contributed by atoms with Gasteiger partial charge >= 0.3 is 11.9 Å². The van der Waals surface area contributed by atoms with Crippen molar-refractivity contribution in [1.29, 1.82) is 0 Å². The van der Waals surface area contributed by atoms with Crippen LogP contribution in [0.1, 0.15) is 40.0 Å². The van der Waals surface area contributed by atoms with Crippen LogP contribution in [0.2, 0.25) is 5.02 Å². The number of rotatable bonds is 7. The van der Waals surface area contributed by atoms with Crippen molar-refractivity contribution in [2.24, 2.45) is 0 Å². The molecule has 0 saturated carbocycles. The fourth-order valence-electron chi connectivity index (χ4n) is 4.73. The van der Waals surface area contributed by atoms with Gasteiger partial charge in [-0.15, -0.1) is 0 Å². The van der Waals surface area contributed by atoms with Crippen LogP contribution in [0.25, 0.3) is 21.7 Å². The van der Waals surface area contributed by atoms with Crippen LogP contribution in [-0.2, 0) is 16.0 Å². The number of hydrogen-bond donors (Lipinski definition) is 2. The summed E-state index contributed by atoms with van der Waals surface area (Å²) in [5.74, 6) is -1.07. The fourth-order valence-corrected chi connectivity index (χ4v) is 4.85. The molecule has 0 amide bonds. The van der Waals surface area contributed by atoms with E-state index < -0.39 is 17.9 Å². The molecule has 0 fully saturated rings. The number of carboxylic acid groups (broad SMARTS) is 2. The zero-order valence-corrected chi connectivity index (χ0v) is 24.3. The molecule has 0 radical (unpaired) electrons. The molecule has 0 bridgehead atoms. The summed E-state index contributed by atoms with van der Waals surface area (Å²) in [6, 6.07) is 23.3. The third kappa shape index (κ3) is 6.39. The average Bonchev–Trinajstić information content (AvgIpc) is 3.25. The topological polar surface area (TPSA) is 115 Å². The van der Waals surface area contributed by atoms with Crippen molar-refractivity contribution < 1.29 is 34.1 Å². The minimum Gasteiger partial charge on any atom is -0.497 e. The molecular formula is C33H30ClNO7. The van der Waals surface area contributed by atoms with Crippen LogP contribution in [-0.4, -0.2) is 46.8 Å². The van der Waals surface area contributed by atoms with Crippen LogP contribution in [0.4, 0.5) is 0 Å². The molecule has 0 aliphatic carbocycles. The minimum absolute atomic E-state index is 0.170. The predicted molar refractivity (Wildman–Crippen MR) is 162 cm³/mol. The maximum Gasteiger partial charge on any atom is 0.310 e. The van der Waals surface area contributed by atoms with Gasteiger partial charge in [0.05, 0.1) is 32.1 Å². The summed E-state index contributed by atoms with van der Waals surface area (Å²) in [6.45, 7) is 3.44. The van der Waals surface area contributed by atoms with Crippen LogP contribution in [0.3, 0.4) is 0 Å². The van der Waals surface area contributed by atoms with Gasteiger partial charge < -0.3 is 19.7 Å². The highest BCUT2D eigenvalue weighted by Crippen LogP contribution is 2.31. The Morgan fingerprint density at radius 3 is 2.05 bits per heavy atom. The van der Waals surface area contributed by atoms with E-state index in [0.29, 0.717) is 38.5 Å². The first kappa shape index (κ1) is 30.1. The Hall–Kier alpha value is -4.82. The fraction of sp³-hybridized carbons (Fsp3) is 0.182. The van der Waals surface area contributed by atoms with Crippen molar-refractivity contribution in [3.05, 3.63) is 106 Å². The van der Waals surface area contributed by atoms with Crippen LogP contribution in [0, 0.1) is 6.92 Å². The number of fused-ring (bicyclic) bond motifs is 2. The van der Waals surface area contributed by atoms with E-state index in [2.05, 4.69) is 0 Å². The largest absolute Gasteiger partial charge is 0.497 e. The highest BCUT2D eigenvalue weighted by Gasteiger charge is 2.22. The maximum atomic E-state index is 13.0. The Labute approximate surface area is 247 Å². The lowest BCUT2D eigenvalue weighted by atomic mass is 9.98. The lowest BCUT2D eigenvalue weighted by Crippen LogP contribution is -2.14. The SMILES string of the molecule is COc1ccc2c(c1)c(CC(=O)O)c(C)n2C(=O)c1ccc(Cl)cc1.COc1ccc2cc([C@H](C)C(=O)O)ccc2c1. The summed E-state index contributed by atoms with van der Waals surface area (Å²) in [4.78, 5) is 35.2. The Kier molecular flexibility index (Phi) is 9.18. The first-order valence-electron chi connectivity index (χ1n) is 13.0. The predicted octanol–water partition coefficient (Wildman–Crippen LogP) is 6.96. The highest BCUT2D eigenvalue weighted by molar-refractivity contribution is 6.30. The molecule has 0 unspecified atom stereocenters. The molecule has 0 saturated heterocycles. The number of aliphatic carboxylic acids is 2. The van der Waals surface area contributed by atoms with Crippen molar-refractivity contribution in [2.75, 3.05) is 14.2 Å². The molecule has 2 N–H and O–H groups in total. The number of nitrogens with zero attached hydrogens (tertiary/aromatic N) is 1. The van der Waals surface area contributed by atoms with E-state index in [1.165, 1.54) is 4.57 Å². The Bertz CT molecular complexity index is 1790. The van der Waals surface area contributed by atoms with E-state index >= 15 is 0 Å². The second-order valence-corrected chi connectivity index (χ2v) is 10.1. The third-order valence-electron chi connectivity index (χ3n) is 7.11. The number of benzene rings is 4. The number of carboxylic acids is 2. The van der Waals surface area contributed by atoms with E-state index in [1.807, 2.05) is 36.4 Å². The van der Waals surface area contributed by atoms with Crippen molar-refractivity contribution >= 4 is 51.1 Å². The molecule has 0 aliphatic heterocycles. The summed E-state index contributed by atoms with van der Waals surface area (Å²) < 4.78 is 11.9. The van der Waals surface area contributed by atoms with Crippen molar-refractivity contribution in [2.45, 2.75) is 26.2 Å². The van der Waals surface area contributed by atoms with Crippen LogP contribution >= 0.6 is 11.6 Å². The molecule has 4 aromatic carbocycles. The molecule has 1 atom stereocenters. The average molecular weight is 588 g/mol. The Balaban J connectivity index is 0.000000208. The zero-order valence-electron chi connectivity index (χ0n) is 23.6. The highest BCUT2D eigenvalue weighted by atomic mass is 35.5. The van der Waals surface area contributed by atoms with Gasteiger partial charge in [0.1, 0.15) is 11.5 Å². The van der Waals surface area contributed by atoms with Crippen LogP contribution < -0.4 is 9.47 Å². The minimum atomic E-state index is -0.955. The molecular weight excluding hydrogens is 558 g/mol. The van der Waals surface area contributed by atoms with E-state index in [4.69, 9.17) is 26.2 Å². The van der Waals surface area contributed by atoms with Crippen molar-refractivity contribution in [3.63, 3.8) is 0 Å². The van der Waals surface area contributed by atoms with Crippen molar-refractivity contribution in [1.82, 2.24) is 4.57 Å². The summed E-state index contributed by atoms with van der Waals surface area (Å²) in [7, 11) is 3.17. The standard InChI is InChI=1S/C19H16ClNO4.C14H14O3/c1-11-15(10-18(22)23)16-9-14(25-2)7-8-17(16)21(11)19(24)12-3-5-13(20)6-4-12;1-9(14(15)16)10-3-4-12-8-13(17-2)6-5-11(12)7-10/h3-9H,10H2,1-2H3,(H,22,23);3-9H,1-2H3,(H,15,16)/t;9-/m.0/s1. The van der Waals surface area contributed by atoms with E-state index in [9.17, 15) is 19.5 Å². The van der Waals surface area contributed by atoms with Crippen molar-refractivity contribution in [3.8, 4) is 11.5 Å². The first-order chi connectivity index (χ1) is 20.0. The Morgan fingerprint density at radius 2 is 1.43 bits per heavy atom. The molecule has 8 nitrogen and oxygen atoms in total. The van der Waals surface area contributed by atoms with Gasteiger partial charge in [0.25, 0.3) is 5.91 Å². The lowest BCUT2D eigenvalue weighted by molar-refractivity contribution is -0.138. The number of halogens is 1. The number of ether oxygens (including phenoxy) is 2. The quantitative estimate of drug-likeness (QED) is 0.211. The number of methoxy groups -OCH3 is 2. The molecule has 1 heterocycles. The summed E-state index contributed by atoms with van der Waals surface area (Å²) in [5.41, 5.74) is 3.14. The smallest absolute Gasteiger partial charge is 0.310 e. The number of hydrogen-bond acceptors (Lipinski definition) is 5. The first-order valence-corrected chi connectivity index (χ1v) is 13.4. The number of carbonyl (C=O) groups is 3.